The molecule has 4 N–H and O–H groups in total. The van der Waals surface area contributed by atoms with Gasteiger partial charge in [-0.2, -0.15) is 0 Å². The van der Waals surface area contributed by atoms with Gasteiger partial charge < -0.3 is 11.5 Å². The van der Waals surface area contributed by atoms with Crippen LogP contribution in [0.4, 0.5) is 11.4 Å². The van der Waals surface area contributed by atoms with E-state index in [1.54, 1.807) is 0 Å². The van der Waals surface area contributed by atoms with Crippen molar-refractivity contribution in [1.82, 2.24) is 0 Å². The summed E-state index contributed by atoms with van der Waals surface area (Å²) in [4.78, 5) is 0. The summed E-state index contributed by atoms with van der Waals surface area (Å²) < 4.78 is 0. The van der Waals surface area contributed by atoms with Crippen molar-refractivity contribution in [3.63, 3.8) is 0 Å². The number of benzene rings is 1. The van der Waals surface area contributed by atoms with E-state index in [2.05, 4.69) is 18.2 Å². The van der Waals surface area contributed by atoms with E-state index >= 15 is 0 Å². The first kappa shape index (κ1) is 9.13. The Morgan fingerprint density at radius 2 is 2.00 bits per heavy atom. The summed E-state index contributed by atoms with van der Waals surface area (Å²) in [5.41, 5.74) is 15.7. The third kappa shape index (κ3) is 1.48. The van der Waals surface area contributed by atoms with Crippen LogP contribution < -0.4 is 11.5 Å². The molecule has 1 atom stereocenters. The average Bonchev–Trinajstić information content (AvgIpc) is 2.64. The molecule has 1 aromatic rings. The molecule has 0 spiro atoms. The van der Waals surface area contributed by atoms with Crippen molar-refractivity contribution in [3.8, 4) is 0 Å². The van der Waals surface area contributed by atoms with Crippen LogP contribution in [0.5, 0.6) is 0 Å². The van der Waals surface area contributed by atoms with Crippen LogP contribution in [0.1, 0.15) is 29.9 Å². The predicted octanol–water partition coefficient (Wildman–Crippen LogP) is 2.59. The lowest BCUT2D eigenvalue weighted by atomic mass is 9.95. The first-order chi connectivity index (χ1) is 6.68. The summed E-state index contributed by atoms with van der Waals surface area (Å²) in [5, 5.41) is 0. The Hall–Kier alpha value is -1.44. The van der Waals surface area contributed by atoms with Gasteiger partial charge in [0, 0.05) is 17.3 Å². The fraction of sp³-hybridized carbons (Fsp3) is 0.333. The molecule has 1 unspecified atom stereocenters. The second-order valence-corrected chi connectivity index (χ2v) is 3.95. The Balaban J connectivity index is 2.42. The number of nitrogen functional groups attached to an aromatic ring is 2. The number of hydrogen-bond acceptors (Lipinski definition) is 2. The minimum Gasteiger partial charge on any atom is -0.398 e. The first-order valence-electron chi connectivity index (χ1n) is 5.00. The lowest BCUT2D eigenvalue weighted by Crippen LogP contribution is -2.01. The van der Waals surface area contributed by atoms with Gasteiger partial charge in [-0.15, -0.1) is 0 Å². The Morgan fingerprint density at radius 3 is 2.64 bits per heavy atom. The lowest BCUT2D eigenvalue weighted by molar-refractivity contribution is 0.802. The van der Waals surface area contributed by atoms with E-state index in [9.17, 15) is 0 Å². The van der Waals surface area contributed by atoms with Crippen LogP contribution in [0.25, 0.3) is 0 Å². The summed E-state index contributed by atoms with van der Waals surface area (Å²) in [7, 11) is 0. The van der Waals surface area contributed by atoms with Crippen molar-refractivity contribution in [1.29, 1.82) is 0 Å². The fourth-order valence-corrected chi connectivity index (χ4v) is 1.98. The van der Waals surface area contributed by atoms with Crippen molar-refractivity contribution in [2.75, 3.05) is 11.5 Å². The van der Waals surface area contributed by atoms with Gasteiger partial charge in [0.25, 0.3) is 0 Å². The molecule has 0 saturated heterocycles. The highest BCUT2D eigenvalue weighted by atomic mass is 14.6. The van der Waals surface area contributed by atoms with Gasteiger partial charge in [-0.1, -0.05) is 18.2 Å². The molecule has 2 heteroatoms. The molecular weight excluding hydrogens is 172 g/mol. The van der Waals surface area contributed by atoms with E-state index in [-0.39, 0.29) is 0 Å². The van der Waals surface area contributed by atoms with E-state index in [0.717, 1.165) is 23.4 Å². The minimum absolute atomic E-state index is 0.495. The second-order valence-electron chi connectivity index (χ2n) is 3.95. The number of rotatable bonds is 1. The molecule has 0 bridgehead atoms. The third-order valence-corrected chi connectivity index (χ3v) is 2.88. The van der Waals surface area contributed by atoms with Gasteiger partial charge in [0.15, 0.2) is 0 Å². The van der Waals surface area contributed by atoms with Gasteiger partial charge in [0.2, 0.25) is 0 Å². The van der Waals surface area contributed by atoms with E-state index in [0.29, 0.717) is 5.92 Å². The SMILES string of the molecule is Cc1cc(C2C=CCC2)c(N)cc1N. The highest BCUT2D eigenvalue weighted by Crippen LogP contribution is 2.34. The Morgan fingerprint density at radius 1 is 1.21 bits per heavy atom. The van der Waals surface area contributed by atoms with Crippen LogP contribution in [0.3, 0.4) is 0 Å². The van der Waals surface area contributed by atoms with Gasteiger partial charge >= 0.3 is 0 Å². The standard InChI is InChI=1S/C12H16N2/c1-8-6-10(9-4-2-3-5-9)12(14)7-11(8)13/h2,4,6-7,9H,3,5,13-14H2,1H3. The summed E-state index contributed by atoms with van der Waals surface area (Å²) >= 11 is 0. The molecule has 2 rings (SSSR count). The maximum atomic E-state index is 5.96. The van der Waals surface area contributed by atoms with Crippen LogP contribution in [0.2, 0.25) is 0 Å². The highest BCUT2D eigenvalue weighted by molar-refractivity contribution is 5.62. The lowest BCUT2D eigenvalue weighted by Gasteiger charge is -2.13. The maximum absolute atomic E-state index is 5.96. The summed E-state index contributed by atoms with van der Waals surface area (Å²) in [5.74, 6) is 0.495. The number of allylic oxidation sites excluding steroid dienone is 2. The molecule has 14 heavy (non-hydrogen) atoms. The number of anilines is 2. The predicted molar refractivity (Wildman–Crippen MR) is 61.1 cm³/mol. The van der Waals surface area contributed by atoms with Crippen LogP contribution in [-0.4, -0.2) is 0 Å². The largest absolute Gasteiger partial charge is 0.398 e. The zero-order valence-corrected chi connectivity index (χ0v) is 8.46. The summed E-state index contributed by atoms with van der Waals surface area (Å²) in [6.07, 6.45) is 6.79. The third-order valence-electron chi connectivity index (χ3n) is 2.88. The molecule has 0 radical (unpaired) electrons. The summed E-state index contributed by atoms with van der Waals surface area (Å²) in [6.45, 7) is 2.02. The normalized spacial score (nSPS) is 20.2. The van der Waals surface area contributed by atoms with Crippen LogP contribution in [0, 0.1) is 6.92 Å². The number of nitrogens with two attached hydrogens (primary N) is 2. The van der Waals surface area contributed by atoms with E-state index in [4.69, 9.17) is 11.5 Å². The Bertz CT molecular complexity index is 380. The van der Waals surface area contributed by atoms with Gasteiger partial charge in [-0.05, 0) is 37.0 Å². The molecule has 0 saturated carbocycles. The first-order valence-corrected chi connectivity index (χ1v) is 5.00. The molecule has 0 fully saturated rings. The van der Waals surface area contributed by atoms with Gasteiger partial charge in [0.1, 0.15) is 0 Å². The van der Waals surface area contributed by atoms with Gasteiger partial charge in [0.05, 0.1) is 0 Å². The Kier molecular flexibility index (Phi) is 2.20. The molecule has 0 heterocycles. The van der Waals surface area contributed by atoms with E-state index in [1.807, 2.05) is 13.0 Å². The van der Waals surface area contributed by atoms with Crippen LogP contribution >= 0.6 is 0 Å². The monoisotopic (exact) mass is 188 g/mol. The van der Waals surface area contributed by atoms with Gasteiger partial charge in [-0.3, -0.25) is 0 Å². The quantitative estimate of drug-likeness (QED) is 0.525. The molecule has 2 nitrogen and oxygen atoms in total. The van der Waals surface area contributed by atoms with Crippen LogP contribution in [0.15, 0.2) is 24.3 Å². The number of hydrogen-bond donors (Lipinski definition) is 2. The van der Waals surface area contributed by atoms with E-state index < -0.39 is 0 Å². The van der Waals surface area contributed by atoms with Crippen molar-refractivity contribution in [3.05, 3.63) is 35.4 Å². The molecular formula is C12H16N2. The van der Waals surface area contributed by atoms with Crippen molar-refractivity contribution < 1.29 is 0 Å². The average molecular weight is 188 g/mol. The zero-order chi connectivity index (χ0) is 10.1. The van der Waals surface area contributed by atoms with Crippen molar-refractivity contribution >= 4 is 11.4 Å². The topological polar surface area (TPSA) is 52.0 Å². The van der Waals surface area contributed by atoms with Crippen molar-refractivity contribution in [2.24, 2.45) is 0 Å². The molecule has 1 aliphatic rings. The molecule has 1 aliphatic carbocycles. The minimum atomic E-state index is 0.495. The second kappa shape index (κ2) is 3.37. The summed E-state index contributed by atoms with van der Waals surface area (Å²) in [6, 6.07) is 3.99. The number of aryl methyl sites for hydroxylation is 1. The highest BCUT2D eigenvalue weighted by Gasteiger charge is 2.15. The smallest absolute Gasteiger partial charge is 0.0373 e. The van der Waals surface area contributed by atoms with E-state index in [1.165, 1.54) is 12.0 Å². The maximum Gasteiger partial charge on any atom is 0.0373 e. The molecule has 0 amide bonds. The zero-order valence-electron chi connectivity index (χ0n) is 8.46. The molecule has 74 valence electrons. The molecule has 0 aromatic heterocycles. The fourth-order valence-electron chi connectivity index (χ4n) is 1.98. The molecule has 0 aliphatic heterocycles. The van der Waals surface area contributed by atoms with Crippen LogP contribution in [-0.2, 0) is 0 Å². The Labute approximate surface area is 84.6 Å². The van der Waals surface area contributed by atoms with Gasteiger partial charge in [-0.25, -0.2) is 0 Å². The van der Waals surface area contributed by atoms with Crippen molar-refractivity contribution in [2.45, 2.75) is 25.7 Å². The molecule has 1 aromatic carbocycles.